The van der Waals surface area contributed by atoms with Gasteiger partial charge in [0.05, 0.1) is 0 Å². The number of allylic oxidation sites excluding steroid dienone is 2. The third-order valence-electron chi connectivity index (χ3n) is 2.23. The first-order valence-electron chi connectivity index (χ1n) is 4.22. The van der Waals surface area contributed by atoms with Gasteiger partial charge in [-0.3, -0.25) is 0 Å². The topological polar surface area (TPSA) is 0 Å². The molecule has 0 bridgehead atoms. The van der Waals surface area contributed by atoms with Gasteiger partial charge in [0.25, 0.3) is 0 Å². The lowest BCUT2D eigenvalue weighted by Crippen LogP contribution is -2.16. The van der Waals surface area contributed by atoms with Crippen molar-refractivity contribution in [1.82, 2.24) is 0 Å². The fourth-order valence-electron chi connectivity index (χ4n) is 1.55. The first-order chi connectivity index (χ1) is 5.75. The molecule has 60 valence electrons. The van der Waals surface area contributed by atoms with Gasteiger partial charge in [0.15, 0.2) is 0 Å². The fourth-order valence-corrected chi connectivity index (χ4v) is 1.55. The summed E-state index contributed by atoms with van der Waals surface area (Å²) < 4.78 is 0. The molecule has 0 N–H and O–H groups in total. The molecule has 0 nitrogen and oxygen atoms in total. The van der Waals surface area contributed by atoms with Gasteiger partial charge in [0.2, 0.25) is 0 Å². The fraction of sp³-hybridized carbons (Fsp3) is 0.167. The van der Waals surface area contributed by atoms with E-state index in [4.69, 9.17) is 0 Å². The molecule has 12 heavy (non-hydrogen) atoms. The van der Waals surface area contributed by atoms with Crippen LogP contribution in [0.1, 0.15) is 12.5 Å². The second-order valence-electron chi connectivity index (χ2n) is 3.33. The van der Waals surface area contributed by atoms with Crippen molar-refractivity contribution in [3.05, 3.63) is 45.8 Å². The van der Waals surface area contributed by atoms with Gasteiger partial charge in [-0.25, -0.2) is 0 Å². The minimum atomic E-state index is 1.06. The Balaban J connectivity index is 2.71. The lowest BCUT2D eigenvalue weighted by atomic mass is 10.0. The molecule has 1 aromatic carbocycles. The predicted molar refractivity (Wildman–Crippen MR) is 53.1 cm³/mol. The highest BCUT2D eigenvalue weighted by Gasteiger charge is 1.98. The van der Waals surface area contributed by atoms with Crippen molar-refractivity contribution in [2.24, 2.45) is 0 Å². The maximum Gasteiger partial charge on any atom is -0.00856 e. The van der Waals surface area contributed by atoms with Gasteiger partial charge in [-0.15, -0.1) is 0 Å². The van der Waals surface area contributed by atoms with Crippen LogP contribution >= 0.6 is 0 Å². The van der Waals surface area contributed by atoms with Crippen molar-refractivity contribution >= 4 is 12.7 Å². The maximum absolute atomic E-state index is 3.91. The molecule has 0 aromatic heterocycles. The zero-order chi connectivity index (χ0) is 8.55. The molecule has 0 unspecified atom stereocenters. The quantitative estimate of drug-likeness (QED) is 0.532. The molecule has 0 heterocycles. The Kier molecular flexibility index (Phi) is 1.61. The largest absolute Gasteiger partial charge is 0.0918 e. The smallest absolute Gasteiger partial charge is 0.00856 e. The number of hydrogen-bond acceptors (Lipinski definition) is 0. The normalized spacial score (nSPS) is 14.6. The van der Waals surface area contributed by atoms with Gasteiger partial charge in [0, 0.05) is 0 Å². The Morgan fingerprint density at radius 1 is 1.33 bits per heavy atom. The van der Waals surface area contributed by atoms with Crippen LogP contribution in [0.15, 0.2) is 29.8 Å². The van der Waals surface area contributed by atoms with E-state index in [-0.39, 0.29) is 0 Å². The molecule has 1 aliphatic rings. The summed E-state index contributed by atoms with van der Waals surface area (Å²) in [6.45, 7) is 6.05. The second kappa shape index (κ2) is 2.63. The Bertz CT molecular complexity index is 436. The van der Waals surface area contributed by atoms with Crippen LogP contribution in [0.5, 0.6) is 0 Å². The summed E-state index contributed by atoms with van der Waals surface area (Å²) in [5, 5.41) is 2.46. The minimum absolute atomic E-state index is 1.06. The van der Waals surface area contributed by atoms with E-state index in [0.29, 0.717) is 0 Å². The molecule has 0 saturated heterocycles. The first kappa shape index (κ1) is 7.35. The average Bonchev–Trinajstić information content (AvgIpc) is 2.05. The minimum Gasteiger partial charge on any atom is -0.0918 e. The zero-order valence-corrected chi connectivity index (χ0v) is 7.30. The molecule has 2 rings (SSSR count). The molecule has 1 aromatic rings. The SMILES string of the molecule is C=c1ccc2c(c1)CC=C(C)C=2. The third-order valence-corrected chi connectivity index (χ3v) is 2.23. The van der Waals surface area contributed by atoms with Gasteiger partial charge in [-0.1, -0.05) is 42.5 Å². The van der Waals surface area contributed by atoms with Crippen LogP contribution in [0.25, 0.3) is 12.7 Å². The molecular formula is C12H12. The van der Waals surface area contributed by atoms with Crippen LogP contribution in [0.2, 0.25) is 0 Å². The van der Waals surface area contributed by atoms with Crippen molar-refractivity contribution < 1.29 is 0 Å². The van der Waals surface area contributed by atoms with Gasteiger partial charge >= 0.3 is 0 Å². The molecule has 0 radical (unpaired) electrons. The van der Waals surface area contributed by atoms with Crippen LogP contribution in [-0.4, -0.2) is 0 Å². The summed E-state index contributed by atoms with van der Waals surface area (Å²) in [7, 11) is 0. The summed E-state index contributed by atoms with van der Waals surface area (Å²) >= 11 is 0. The molecular weight excluding hydrogens is 144 g/mol. The van der Waals surface area contributed by atoms with Crippen LogP contribution in [0, 0.1) is 0 Å². The summed E-state index contributed by atoms with van der Waals surface area (Å²) in [6.07, 6.45) is 5.53. The monoisotopic (exact) mass is 156 g/mol. The van der Waals surface area contributed by atoms with E-state index in [1.54, 1.807) is 0 Å². The highest BCUT2D eigenvalue weighted by Crippen LogP contribution is 2.04. The molecule has 0 saturated carbocycles. The lowest BCUT2D eigenvalue weighted by Gasteiger charge is -2.05. The van der Waals surface area contributed by atoms with Crippen molar-refractivity contribution in [3.8, 4) is 0 Å². The molecule has 0 atom stereocenters. The molecule has 0 amide bonds. The number of rotatable bonds is 0. The van der Waals surface area contributed by atoms with E-state index >= 15 is 0 Å². The Morgan fingerprint density at radius 3 is 3.00 bits per heavy atom. The van der Waals surface area contributed by atoms with Gasteiger partial charge in [-0.2, -0.15) is 0 Å². The number of fused-ring (bicyclic) bond motifs is 1. The standard InChI is InChI=1S/C12H12/c1-9-3-5-12-8-10(2)4-6-11(12)7-9/h3-5,7-8H,1,6H2,2H3. The zero-order valence-electron chi connectivity index (χ0n) is 7.30. The Morgan fingerprint density at radius 2 is 2.17 bits per heavy atom. The maximum atomic E-state index is 3.91. The predicted octanol–water partition coefficient (Wildman–Crippen LogP) is 1.38. The first-order valence-corrected chi connectivity index (χ1v) is 4.22. The molecule has 0 spiro atoms. The third kappa shape index (κ3) is 1.20. The molecule has 1 aliphatic carbocycles. The van der Waals surface area contributed by atoms with Crippen molar-refractivity contribution in [3.63, 3.8) is 0 Å². The highest BCUT2D eigenvalue weighted by molar-refractivity contribution is 5.50. The van der Waals surface area contributed by atoms with E-state index in [9.17, 15) is 0 Å². The summed E-state index contributed by atoms with van der Waals surface area (Å²) in [4.78, 5) is 0. The number of hydrogen-bond donors (Lipinski definition) is 0. The number of benzene rings is 1. The van der Waals surface area contributed by atoms with Gasteiger partial charge in [-0.05, 0) is 29.3 Å². The van der Waals surface area contributed by atoms with E-state index in [0.717, 1.165) is 11.6 Å². The van der Waals surface area contributed by atoms with Gasteiger partial charge < -0.3 is 0 Å². The Hall–Kier alpha value is -1.30. The molecule has 0 fully saturated rings. The summed E-state index contributed by atoms with van der Waals surface area (Å²) in [5.74, 6) is 0. The van der Waals surface area contributed by atoms with Crippen molar-refractivity contribution in [2.45, 2.75) is 13.3 Å². The van der Waals surface area contributed by atoms with E-state index < -0.39 is 0 Å². The van der Waals surface area contributed by atoms with Crippen molar-refractivity contribution in [2.75, 3.05) is 0 Å². The van der Waals surface area contributed by atoms with Crippen LogP contribution < -0.4 is 10.4 Å². The van der Waals surface area contributed by atoms with E-state index in [2.05, 4.69) is 43.9 Å². The Labute approximate surface area is 72.5 Å². The molecule has 0 heteroatoms. The average molecular weight is 156 g/mol. The van der Waals surface area contributed by atoms with Crippen LogP contribution in [-0.2, 0) is 6.42 Å². The lowest BCUT2D eigenvalue weighted by molar-refractivity contribution is 1.19. The van der Waals surface area contributed by atoms with Gasteiger partial charge in [0.1, 0.15) is 0 Å². The summed E-state index contributed by atoms with van der Waals surface area (Å²) in [5.41, 5.74) is 2.76. The van der Waals surface area contributed by atoms with Crippen molar-refractivity contribution in [1.29, 1.82) is 0 Å². The highest BCUT2D eigenvalue weighted by atomic mass is 14.0. The van der Waals surface area contributed by atoms with E-state index in [1.807, 2.05) is 0 Å². The second-order valence-corrected chi connectivity index (χ2v) is 3.33. The van der Waals surface area contributed by atoms with E-state index in [1.165, 1.54) is 16.4 Å². The van der Waals surface area contributed by atoms with Crippen LogP contribution in [0.4, 0.5) is 0 Å². The summed E-state index contributed by atoms with van der Waals surface area (Å²) in [6, 6.07) is 6.37. The molecule has 0 aliphatic heterocycles. The van der Waals surface area contributed by atoms with Crippen LogP contribution in [0.3, 0.4) is 0 Å².